The summed E-state index contributed by atoms with van der Waals surface area (Å²) < 4.78 is 7.29. The zero-order valence-corrected chi connectivity index (χ0v) is 13.7. The van der Waals surface area contributed by atoms with E-state index in [4.69, 9.17) is 4.52 Å². The van der Waals surface area contributed by atoms with Gasteiger partial charge >= 0.3 is 0 Å². The summed E-state index contributed by atoms with van der Waals surface area (Å²) in [6.45, 7) is 0. The van der Waals surface area contributed by atoms with Gasteiger partial charge < -0.3 is 4.52 Å². The van der Waals surface area contributed by atoms with E-state index >= 15 is 0 Å². The summed E-state index contributed by atoms with van der Waals surface area (Å²) in [7, 11) is 0. The lowest BCUT2D eigenvalue weighted by Gasteiger charge is -2.02. The van der Waals surface area contributed by atoms with Gasteiger partial charge in [-0.05, 0) is 35.9 Å². The summed E-state index contributed by atoms with van der Waals surface area (Å²) >= 11 is 0. The molecule has 0 bridgehead atoms. The van der Waals surface area contributed by atoms with Crippen LogP contribution in [0.5, 0.6) is 0 Å². The van der Waals surface area contributed by atoms with Gasteiger partial charge in [-0.1, -0.05) is 23.4 Å². The molecule has 126 valence electrons. The molecular formula is C19H14N6O. The average molecular weight is 342 g/mol. The monoisotopic (exact) mass is 342 g/mol. The van der Waals surface area contributed by atoms with Gasteiger partial charge in [-0.2, -0.15) is 15.2 Å². The summed E-state index contributed by atoms with van der Waals surface area (Å²) in [5.74, 6) is 1.15. The number of hydrogen-bond donors (Lipinski definition) is 1. The normalized spacial score (nSPS) is 11.2. The number of H-pyrrole nitrogens is 1. The maximum Gasteiger partial charge on any atom is 0.258 e. The molecule has 5 aromatic rings. The Bertz CT molecular complexity index is 1150. The molecule has 0 aliphatic rings. The number of aromatic nitrogens is 6. The minimum absolute atomic E-state index is 0.500. The fourth-order valence-corrected chi connectivity index (χ4v) is 2.96. The van der Waals surface area contributed by atoms with Gasteiger partial charge in [0.15, 0.2) is 5.82 Å². The van der Waals surface area contributed by atoms with E-state index in [2.05, 4.69) is 25.4 Å². The second kappa shape index (κ2) is 5.96. The molecule has 0 aliphatic carbocycles. The van der Waals surface area contributed by atoms with Crippen LogP contribution in [0, 0.1) is 0 Å². The number of fused-ring (bicyclic) bond motifs is 1. The molecule has 0 aliphatic heterocycles. The third kappa shape index (κ3) is 2.55. The van der Waals surface area contributed by atoms with Gasteiger partial charge in [0.2, 0.25) is 0 Å². The molecule has 3 heterocycles. The van der Waals surface area contributed by atoms with Gasteiger partial charge in [-0.15, -0.1) is 0 Å². The van der Waals surface area contributed by atoms with Crippen LogP contribution in [0.2, 0.25) is 0 Å². The van der Waals surface area contributed by atoms with Gasteiger partial charge in [0.1, 0.15) is 0 Å². The Labute approximate surface area is 148 Å². The quantitative estimate of drug-likeness (QED) is 0.541. The van der Waals surface area contributed by atoms with Crippen molar-refractivity contribution in [2.24, 2.45) is 0 Å². The van der Waals surface area contributed by atoms with Crippen molar-refractivity contribution >= 4 is 10.9 Å². The second-order valence-electron chi connectivity index (χ2n) is 5.95. The van der Waals surface area contributed by atoms with Crippen LogP contribution in [0.1, 0.15) is 11.4 Å². The molecule has 7 nitrogen and oxygen atoms in total. The van der Waals surface area contributed by atoms with Gasteiger partial charge in [-0.25, -0.2) is 4.68 Å². The fraction of sp³-hybridized carbons (Fsp3) is 0.0526. The molecule has 3 aromatic heterocycles. The molecule has 5 rings (SSSR count). The third-order valence-corrected chi connectivity index (χ3v) is 4.25. The summed E-state index contributed by atoms with van der Waals surface area (Å²) in [4.78, 5) is 4.54. The predicted molar refractivity (Wildman–Crippen MR) is 95.8 cm³/mol. The highest BCUT2D eigenvalue weighted by Crippen LogP contribution is 2.26. The van der Waals surface area contributed by atoms with Crippen molar-refractivity contribution in [2.45, 2.75) is 6.42 Å². The lowest BCUT2D eigenvalue weighted by Crippen LogP contribution is -1.95. The molecule has 0 fully saturated rings. The van der Waals surface area contributed by atoms with Crippen LogP contribution in [0.15, 0.2) is 71.6 Å². The molecule has 7 heteroatoms. The zero-order valence-electron chi connectivity index (χ0n) is 13.7. The minimum Gasteiger partial charge on any atom is -0.334 e. The van der Waals surface area contributed by atoms with Gasteiger partial charge in [0.05, 0.1) is 23.0 Å². The highest BCUT2D eigenvalue weighted by molar-refractivity contribution is 5.91. The maximum absolute atomic E-state index is 5.47. The van der Waals surface area contributed by atoms with Crippen LogP contribution in [0.3, 0.4) is 0 Å². The first kappa shape index (κ1) is 14.6. The van der Waals surface area contributed by atoms with Crippen LogP contribution in [0.4, 0.5) is 0 Å². The Morgan fingerprint density at radius 2 is 1.96 bits per heavy atom. The smallest absolute Gasteiger partial charge is 0.258 e. The van der Waals surface area contributed by atoms with Gasteiger partial charge in [0, 0.05) is 24.2 Å². The Hall–Kier alpha value is -3.74. The van der Waals surface area contributed by atoms with Crippen molar-refractivity contribution in [3.8, 4) is 17.1 Å². The van der Waals surface area contributed by atoms with E-state index in [0.29, 0.717) is 18.1 Å². The van der Waals surface area contributed by atoms with Gasteiger partial charge in [0.25, 0.3) is 5.89 Å². The van der Waals surface area contributed by atoms with E-state index in [0.717, 1.165) is 27.7 Å². The lowest BCUT2D eigenvalue weighted by molar-refractivity contribution is 0.424. The van der Waals surface area contributed by atoms with Crippen LogP contribution in [-0.2, 0) is 6.42 Å². The first-order valence-electron chi connectivity index (χ1n) is 8.21. The van der Waals surface area contributed by atoms with Gasteiger partial charge in [-0.3, -0.25) is 5.10 Å². The number of hydrogen-bond acceptors (Lipinski definition) is 5. The molecule has 26 heavy (non-hydrogen) atoms. The number of rotatable bonds is 4. The first-order chi connectivity index (χ1) is 12.9. The average Bonchev–Trinajstić information content (AvgIpc) is 3.43. The largest absolute Gasteiger partial charge is 0.334 e. The van der Waals surface area contributed by atoms with Crippen LogP contribution in [-0.4, -0.2) is 30.1 Å². The highest BCUT2D eigenvalue weighted by Gasteiger charge is 2.13. The maximum atomic E-state index is 5.47. The molecule has 0 saturated carbocycles. The van der Waals surface area contributed by atoms with E-state index < -0.39 is 0 Å². The van der Waals surface area contributed by atoms with Crippen molar-refractivity contribution in [3.63, 3.8) is 0 Å². The number of benzene rings is 2. The summed E-state index contributed by atoms with van der Waals surface area (Å²) in [5, 5.41) is 16.3. The van der Waals surface area contributed by atoms with E-state index in [-0.39, 0.29) is 0 Å². The molecule has 0 saturated heterocycles. The van der Waals surface area contributed by atoms with Crippen molar-refractivity contribution < 1.29 is 4.52 Å². The fourth-order valence-electron chi connectivity index (χ4n) is 2.96. The van der Waals surface area contributed by atoms with E-state index in [1.807, 2.05) is 59.4 Å². The molecule has 0 spiro atoms. The molecule has 0 amide bonds. The molecular weight excluding hydrogens is 328 g/mol. The first-order valence-corrected chi connectivity index (χ1v) is 8.21. The van der Waals surface area contributed by atoms with Crippen molar-refractivity contribution in [1.29, 1.82) is 0 Å². The summed E-state index contributed by atoms with van der Waals surface area (Å²) in [5.41, 5.74) is 3.94. The number of nitrogens with one attached hydrogen (secondary N) is 1. The summed E-state index contributed by atoms with van der Waals surface area (Å²) in [6.07, 6.45) is 6.04. The third-order valence-electron chi connectivity index (χ3n) is 4.25. The minimum atomic E-state index is 0.500. The lowest BCUT2D eigenvalue weighted by atomic mass is 10.1. The Balaban J connectivity index is 1.40. The topological polar surface area (TPSA) is 85.4 Å². The van der Waals surface area contributed by atoms with Crippen molar-refractivity contribution in [2.75, 3.05) is 0 Å². The molecule has 2 aromatic carbocycles. The molecule has 1 N–H and O–H groups in total. The van der Waals surface area contributed by atoms with Crippen LogP contribution >= 0.6 is 0 Å². The van der Waals surface area contributed by atoms with Crippen LogP contribution < -0.4 is 0 Å². The Morgan fingerprint density at radius 1 is 1.04 bits per heavy atom. The standard InChI is InChI=1S/C19H14N6O/c1-3-15(16-12-20-23-17(16)4-1)19-22-18(24-26-19)11-13-5-7-14(8-6-13)25-10-2-9-21-25/h1-10,12H,11H2,(H,20,23). The second-order valence-corrected chi connectivity index (χ2v) is 5.95. The van der Waals surface area contributed by atoms with E-state index in [9.17, 15) is 0 Å². The number of aromatic amines is 1. The number of nitrogens with zero attached hydrogens (tertiary/aromatic N) is 5. The Kier molecular flexibility index (Phi) is 3.35. The van der Waals surface area contributed by atoms with E-state index in [1.54, 1.807) is 12.4 Å². The van der Waals surface area contributed by atoms with Crippen molar-refractivity contribution in [1.82, 2.24) is 30.1 Å². The Morgan fingerprint density at radius 3 is 2.81 bits per heavy atom. The molecule has 0 atom stereocenters. The molecule has 0 unspecified atom stereocenters. The summed E-state index contributed by atoms with van der Waals surface area (Å²) in [6, 6.07) is 15.9. The highest BCUT2D eigenvalue weighted by atomic mass is 16.5. The zero-order chi connectivity index (χ0) is 17.3. The van der Waals surface area contributed by atoms with E-state index in [1.165, 1.54) is 0 Å². The molecule has 0 radical (unpaired) electrons. The SMILES string of the molecule is c1cc(-c2nc(Cc3ccc(-n4cccn4)cc3)no2)c2cn[nH]c2c1. The predicted octanol–water partition coefficient (Wildman–Crippen LogP) is 3.39. The van der Waals surface area contributed by atoms with Crippen molar-refractivity contribution in [3.05, 3.63) is 78.5 Å². The van der Waals surface area contributed by atoms with Crippen LogP contribution in [0.25, 0.3) is 28.0 Å².